The van der Waals surface area contributed by atoms with Crippen LogP contribution in [0.25, 0.3) is 16.3 Å². The fraction of sp³-hybridized carbons (Fsp3) is 0.0833. The molecule has 0 aliphatic rings. The molecule has 0 unspecified atom stereocenters. The van der Waals surface area contributed by atoms with E-state index in [1.54, 1.807) is 6.08 Å². The molecule has 126 valence electrons. The predicted octanol–water partition coefficient (Wildman–Crippen LogP) is 7.77. The lowest BCUT2D eigenvalue weighted by molar-refractivity contribution is 1.21. The van der Waals surface area contributed by atoms with Crippen LogP contribution < -0.4 is 0 Å². The molecule has 2 aromatic rings. The molecular formula is C24H23Br. The molecule has 0 amide bonds. The minimum atomic E-state index is 0.896. The van der Waals surface area contributed by atoms with E-state index in [-0.39, 0.29) is 0 Å². The number of benzene rings is 2. The Morgan fingerprint density at radius 2 is 1.76 bits per heavy atom. The largest absolute Gasteiger partial charge is 0.0990 e. The number of halogens is 1. The fourth-order valence-electron chi connectivity index (χ4n) is 2.57. The van der Waals surface area contributed by atoms with E-state index in [1.165, 1.54) is 27.5 Å². The molecule has 2 aromatic carbocycles. The zero-order valence-electron chi connectivity index (χ0n) is 14.6. The number of hydrogen-bond acceptors (Lipinski definition) is 0. The average Bonchev–Trinajstić information content (AvgIpc) is 2.65. The summed E-state index contributed by atoms with van der Waals surface area (Å²) in [5.74, 6) is 0. The number of allylic oxidation sites excluding steroid dienone is 10. The molecule has 0 aliphatic carbocycles. The molecule has 0 saturated heterocycles. The van der Waals surface area contributed by atoms with Crippen molar-refractivity contribution in [3.63, 3.8) is 0 Å². The molecule has 0 bridgehead atoms. The Kier molecular flexibility index (Phi) is 7.43. The van der Waals surface area contributed by atoms with Crippen LogP contribution in [0.3, 0.4) is 0 Å². The zero-order valence-corrected chi connectivity index (χ0v) is 16.2. The van der Waals surface area contributed by atoms with E-state index >= 15 is 0 Å². The van der Waals surface area contributed by atoms with Gasteiger partial charge in [-0.05, 0) is 41.3 Å². The van der Waals surface area contributed by atoms with Crippen LogP contribution in [0.5, 0.6) is 0 Å². The molecule has 0 aliphatic heterocycles. The normalized spacial score (nSPS) is 13.4. The fourth-order valence-corrected chi connectivity index (χ4v) is 2.70. The Morgan fingerprint density at radius 3 is 2.52 bits per heavy atom. The van der Waals surface area contributed by atoms with Gasteiger partial charge in [0.25, 0.3) is 0 Å². The lowest BCUT2D eigenvalue weighted by atomic mass is 9.97. The van der Waals surface area contributed by atoms with E-state index in [0.29, 0.717) is 0 Å². The predicted molar refractivity (Wildman–Crippen MR) is 117 cm³/mol. The topological polar surface area (TPSA) is 0 Å². The van der Waals surface area contributed by atoms with E-state index in [0.717, 1.165) is 10.9 Å². The van der Waals surface area contributed by atoms with Gasteiger partial charge in [0.15, 0.2) is 0 Å². The van der Waals surface area contributed by atoms with Crippen molar-refractivity contribution < 1.29 is 0 Å². The maximum atomic E-state index is 3.86. The first kappa shape index (κ1) is 19.0. The zero-order chi connectivity index (χ0) is 18.1. The summed E-state index contributed by atoms with van der Waals surface area (Å²) in [6.45, 7) is 9.72. The minimum Gasteiger partial charge on any atom is -0.0990 e. The highest BCUT2D eigenvalue weighted by Gasteiger charge is 2.03. The Hall–Kier alpha value is -2.38. The van der Waals surface area contributed by atoms with Crippen molar-refractivity contribution in [2.45, 2.75) is 13.3 Å². The summed E-state index contributed by atoms with van der Waals surface area (Å²) in [7, 11) is 0. The monoisotopic (exact) mass is 390 g/mol. The second kappa shape index (κ2) is 9.80. The van der Waals surface area contributed by atoms with Crippen molar-refractivity contribution >= 4 is 32.3 Å². The van der Waals surface area contributed by atoms with E-state index in [4.69, 9.17) is 0 Å². The highest BCUT2D eigenvalue weighted by Crippen LogP contribution is 2.26. The van der Waals surface area contributed by atoms with Crippen molar-refractivity contribution in [2.75, 3.05) is 0 Å². The molecule has 0 aromatic heterocycles. The van der Waals surface area contributed by atoms with E-state index in [2.05, 4.69) is 103 Å². The van der Waals surface area contributed by atoms with Crippen molar-refractivity contribution in [1.29, 1.82) is 0 Å². The Morgan fingerprint density at radius 1 is 1.00 bits per heavy atom. The van der Waals surface area contributed by atoms with Gasteiger partial charge in [0.1, 0.15) is 0 Å². The summed E-state index contributed by atoms with van der Waals surface area (Å²) in [5, 5.41) is 2.51. The van der Waals surface area contributed by atoms with Crippen LogP contribution in [-0.4, -0.2) is 0 Å². The van der Waals surface area contributed by atoms with Crippen molar-refractivity contribution in [3.8, 4) is 0 Å². The van der Waals surface area contributed by atoms with Crippen LogP contribution in [0.15, 0.2) is 108 Å². The molecule has 0 spiro atoms. The smallest absolute Gasteiger partial charge is 0.0169 e. The van der Waals surface area contributed by atoms with E-state index in [9.17, 15) is 0 Å². The quantitative estimate of drug-likeness (QED) is 0.423. The van der Waals surface area contributed by atoms with Gasteiger partial charge in [-0.3, -0.25) is 0 Å². The van der Waals surface area contributed by atoms with Gasteiger partial charge in [-0.15, -0.1) is 0 Å². The molecule has 1 heteroatoms. The van der Waals surface area contributed by atoms with Crippen molar-refractivity contribution in [3.05, 3.63) is 114 Å². The van der Waals surface area contributed by atoms with Gasteiger partial charge in [-0.2, -0.15) is 0 Å². The summed E-state index contributed by atoms with van der Waals surface area (Å²) in [5.41, 5.74) is 3.68. The van der Waals surface area contributed by atoms with Crippen LogP contribution in [0.2, 0.25) is 0 Å². The minimum absolute atomic E-state index is 0.896. The maximum Gasteiger partial charge on any atom is 0.0169 e. The summed E-state index contributed by atoms with van der Waals surface area (Å²) in [6.07, 6.45) is 15.1. The molecule has 0 saturated carbocycles. The van der Waals surface area contributed by atoms with Gasteiger partial charge in [-0.1, -0.05) is 114 Å². The maximum absolute atomic E-state index is 3.86. The number of fused-ring (bicyclic) bond motifs is 1. The molecule has 0 fully saturated rings. The Bertz CT molecular complexity index is 871. The summed E-state index contributed by atoms with van der Waals surface area (Å²) < 4.78 is 0.985. The molecular weight excluding hydrogens is 368 g/mol. The van der Waals surface area contributed by atoms with Crippen LogP contribution in [-0.2, 0) is 0 Å². The van der Waals surface area contributed by atoms with Crippen LogP contribution in [0.4, 0.5) is 0 Å². The van der Waals surface area contributed by atoms with Crippen LogP contribution >= 0.6 is 15.9 Å². The van der Waals surface area contributed by atoms with E-state index in [1.807, 2.05) is 12.2 Å². The van der Waals surface area contributed by atoms with Gasteiger partial charge in [0.05, 0.1) is 0 Å². The van der Waals surface area contributed by atoms with Crippen molar-refractivity contribution in [2.24, 2.45) is 0 Å². The van der Waals surface area contributed by atoms with Gasteiger partial charge in [-0.25, -0.2) is 0 Å². The first-order valence-electron chi connectivity index (χ1n) is 8.28. The molecule has 0 atom stereocenters. The van der Waals surface area contributed by atoms with Gasteiger partial charge < -0.3 is 0 Å². The molecule has 2 rings (SSSR count). The second-order valence-corrected chi connectivity index (χ2v) is 6.68. The summed E-state index contributed by atoms with van der Waals surface area (Å²) >= 11 is 3.43. The van der Waals surface area contributed by atoms with Crippen LogP contribution in [0.1, 0.15) is 18.9 Å². The third-order valence-electron chi connectivity index (χ3n) is 3.86. The van der Waals surface area contributed by atoms with Crippen LogP contribution in [0, 0.1) is 0 Å². The van der Waals surface area contributed by atoms with Gasteiger partial charge >= 0.3 is 0 Å². The Labute approximate surface area is 159 Å². The molecule has 0 heterocycles. The van der Waals surface area contributed by atoms with Gasteiger partial charge in [0, 0.05) is 4.48 Å². The third kappa shape index (κ3) is 5.58. The highest BCUT2D eigenvalue weighted by molar-refractivity contribution is 9.11. The Balaban J connectivity index is 2.26. The lowest BCUT2D eigenvalue weighted by Crippen LogP contribution is -1.84. The number of rotatable bonds is 7. The average molecular weight is 391 g/mol. The van der Waals surface area contributed by atoms with E-state index < -0.39 is 0 Å². The highest BCUT2D eigenvalue weighted by atomic mass is 79.9. The SMILES string of the molecule is C=C/C=C(\C=C/C/C(C)=C/C=C(/Br)C=C)c1cccc2ccccc12. The number of hydrogen-bond donors (Lipinski definition) is 0. The second-order valence-electron chi connectivity index (χ2n) is 5.76. The summed E-state index contributed by atoms with van der Waals surface area (Å²) in [4.78, 5) is 0. The first-order valence-corrected chi connectivity index (χ1v) is 9.08. The molecule has 0 radical (unpaired) electrons. The van der Waals surface area contributed by atoms with Crippen molar-refractivity contribution in [1.82, 2.24) is 0 Å². The molecule has 25 heavy (non-hydrogen) atoms. The summed E-state index contributed by atoms with van der Waals surface area (Å²) in [6, 6.07) is 14.9. The standard InChI is InChI=1S/C24H23Br/c1-4-10-20(13-8-11-19(3)17-18-22(25)5-2)24-16-9-14-21-12-6-7-15-23(21)24/h4-10,12-18H,1-2,11H2,3H3/b13-8-,19-17+,20-10+,22-18+. The third-order valence-corrected chi connectivity index (χ3v) is 4.45. The first-order chi connectivity index (χ1) is 12.2. The molecule has 0 N–H and O–H groups in total. The lowest BCUT2D eigenvalue weighted by Gasteiger charge is -2.07. The van der Waals surface area contributed by atoms with Gasteiger partial charge in [0.2, 0.25) is 0 Å². The molecule has 0 nitrogen and oxygen atoms in total.